The van der Waals surface area contributed by atoms with Gasteiger partial charge >= 0.3 is 12.4 Å². The lowest BCUT2D eigenvalue weighted by Gasteiger charge is -2.33. The van der Waals surface area contributed by atoms with Crippen LogP contribution in [0.1, 0.15) is 86.1 Å². The van der Waals surface area contributed by atoms with Crippen LogP contribution in [-0.4, -0.2) is 23.9 Å². The minimum absolute atomic E-state index is 0.0221. The molecule has 4 rings (SSSR count). The predicted octanol–water partition coefficient (Wildman–Crippen LogP) is 8.70. The molecule has 0 aromatic heterocycles. The van der Waals surface area contributed by atoms with Gasteiger partial charge in [0.15, 0.2) is 6.23 Å². The summed E-state index contributed by atoms with van der Waals surface area (Å²) >= 11 is 0. The fourth-order valence-electron chi connectivity index (χ4n) is 6.01. The van der Waals surface area contributed by atoms with Crippen LogP contribution in [0.15, 0.2) is 72.8 Å². The molecule has 0 unspecified atom stereocenters. The Hall–Kier alpha value is -3.77. The number of hydrogen-bond acceptors (Lipinski definition) is 5. The molecule has 1 saturated carbocycles. The van der Waals surface area contributed by atoms with Gasteiger partial charge in [-0.25, -0.2) is 4.39 Å². The summed E-state index contributed by atoms with van der Waals surface area (Å²) in [5, 5.41) is 3.19. The number of benzene rings is 3. The number of rotatable bonds is 12. The maximum Gasteiger partial charge on any atom is 0.416 e. The molecule has 0 spiro atoms. The lowest BCUT2D eigenvalue weighted by Crippen LogP contribution is -2.45. The van der Waals surface area contributed by atoms with Crippen molar-refractivity contribution in [2.75, 3.05) is 0 Å². The maximum atomic E-state index is 13.9. The van der Waals surface area contributed by atoms with E-state index in [2.05, 4.69) is 5.32 Å². The largest absolute Gasteiger partial charge is 0.444 e. The van der Waals surface area contributed by atoms with E-state index < -0.39 is 65.1 Å². The molecule has 1 aliphatic rings. The number of hydrogen-bond donors (Lipinski definition) is 1. The first-order valence-corrected chi connectivity index (χ1v) is 14.6. The zero-order valence-corrected chi connectivity index (χ0v) is 25.3. The highest BCUT2D eigenvalue weighted by Crippen LogP contribution is 2.46. The van der Waals surface area contributed by atoms with E-state index >= 15 is 0 Å². The molecule has 0 bridgehead atoms. The Morgan fingerprint density at radius 1 is 0.891 bits per heavy atom. The van der Waals surface area contributed by atoms with Crippen LogP contribution in [0.25, 0.3) is 0 Å². The Morgan fingerprint density at radius 3 is 2.02 bits per heavy atom. The third-order valence-corrected chi connectivity index (χ3v) is 8.15. The van der Waals surface area contributed by atoms with E-state index in [0.717, 1.165) is 0 Å². The summed E-state index contributed by atoms with van der Waals surface area (Å²) < 4.78 is 106. The Labute approximate surface area is 262 Å². The first-order valence-electron chi connectivity index (χ1n) is 14.6. The molecule has 248 valence electrons. The molecule has 0 saturated heterocycles. The molecule has 3 aromatic rings. The smallest absolute Gasteiger partial charge is 0.416 e. The second-order valence-corrected chi connectivity index (χ2v) is 12.1. The summed E-state index contributed by atoms with van der Waals surface area (Å²) in [6.45, 7) is 5.18. The number of ketones is 1. The van der Waals surface area contributed by atoms with Gasteiger partial charge in [0.05, 0.1) is 23.3 Å². The third kappa shape index (κ3) is 8.73. The molecule has 0 heterocycles. The quantitative estimate of drug-likeness (QED) is 0.120. The minimum Gasteiger partial charge on any atom is -0.444 e. The highest BCUT2D eigenvalue weighted by atomic mass is 19.4. The molecule has 1 N–H and O–H groups in total. The SMILES string of the molecule is C[C@@H](O[C@H]1CC[C@@H](C(=O)CC(C)(C)N[C@@H](OC=O)c2ccccc2)[C@@H]1c1ccc(F)cc1)c1cc(C(F)(F)F)cc(C(F)(F)F)c1. The molecule has 0 amide bonds. The van der Waals surface area contributed by atoms with Crippen LogP contribution in [0.2, 0.25) is 0 Å². The van der Waals surface area contributed by atoms with Crippen molar-refractivity contribution in [1.82, 2.24) is 5.32 Å². The van der Waals surface area contributed by atoms with Gasteiger partial charge in [-0.1, -0.05) is 42.5 Å². The van der Waals surface area contributed by atoms with E-state index in [0.29, 0.717) is 36.2 Å². The van der Waals surface area contributed by atoms with Crippen molar-refractivity contribution in [1.29, 1.82) is 0 Å². The Kier molecular flexibility index (Phi) is 10.6. The molecule has 5 atom stereocenters. The molecule has 1 aliphatic carbocycles. The molecule has 0 radical (unpaired) electrons. The monoisotopic (exact) mass is 653 g/mol. The van der Waals surface area contributed by atoms with Crippen molar-refractivity contribution in [2.24, 2.45) is 5.92 Å². The molecule has 12 heteroatoms. The van der Waals surface area contributed by atoms with Gasteiger partial charge in [-0.3, -0.25) is 14.9 Å². The van der Waals surface area contributed by atoms with Crippen molar-refractivity contribution in [3.63, 3.8) is 0 Å². The van der Waals surface area contributed by atoms with Crippen molar-refractivity contribution in [3.05, 3.63) is 106 Å². The Bertz CT molecular complexity index is 1460. The standard InChI is InChI=1S/C34H34F7NO4/c1-20(23-15-24(33(36,37)38)17-25(16-23)34(39,40)41)46-29-14-13-27(30(29)21-9-11-26(35)12-10-21)28(44)18-32(2,3)42-31(45-19-43)22-7-5-4-6-8-22/h4-12,15-17,19-20,27,29-31,42H,13-14,18H2,1-3H3/t20-,27+,29+,30+,31+/m1/s1. The van der Waals surface area contributed by atoms with Crippen LogP contribution in [0.3, 0.4) is 0 Å². The third-order valence-electron chi connectivity index (χ3n) is 8.15. The lowest BCUT2D eigenvalue weighted by molar-refractivity contribution is -0.143. The van der Waals surface area contributed by atoms with Crippen LogP contribution in [-0.2, 0) is 31.4 Å². The van der Waals surface area contributed by atoms with Gasteiger partial charge in [-0.2, -0.15) is 26.3 Å². The second kappa shape index (κ2) is 13.9. The summed E-state index contributed by atoms with van der Waals surface area (Å²) in [7, 11) is 0. The van der Waals surface area contributed by atoms with Crippen molar-refractivity contribution in [2.45, 2.75) is 82.3 Å². The van der Waals surface area contributed by atoms with E-state index in [1.54, 1.807) is 44.2 Å². The molecule has 46 heavy (non-hydrogen) atoms. The second-order valence-electron chi connectivity index (χ2n) is 12.1. The van der Waals surface area contributed by atoms with Crippen LogP contribution in [0, 0.1) is 11.7 Å². The summed E-state index contributed by atoms with van der Waals surface area (Å²) in [5.74, 6) is -2.03. The number of nitrogens with one attached hydrogen (secondary N) is 1. The summed E-state index contributed by atoms with van der Waals surface area (Å²) in [4.78, 5) is 25.1. The number of halogens is 7. The number of carbonyl (C=O) groups excluding carboxylic acids is 2. The zero-order chi connectivity index (χ0) is 33.9. The van der Waals surface area contributed by atoms with Gasteiger partial charge in [0, 0.05) is 29.4 Å². The van der Waals surface area contributed by atoms with Gasteiger partial charge in [-0.15, -0.1) is 0 Å². The molecule has 5 nitrogen and oxygen atoms in total. The number of Topliss-reactive ketones (excluding diaryl/α,β-unsaturated/α-hetero) is 1. The summed E-state index contributed by atoms with van der Waals surface area (Å²) in [6.07, 6.45) is -12.3. The van der Waals surface area contributed by atoms with E-state index in [4.69, 9.17) is 9.47 Å². The average Bonchev–Trinajstić information content (AvgIpc) is 3.40. The van der Waals surface area contributed by atoms with E-state index in [9.17, 15) is 40.3 Å². The lowest BCUT2D eigenvalue weighted by atomic mass is 9.81. The maximum absolute atomic E-state index is 13.9. The molecule has 1 fully saturated rings. The van der Waals surface area contributed by atoms with Crippen LogP contribution in [0.4, 0.5) is 30.7 Å². The first kappa shape index (κ1) is 35.1. The van der Waals surface area contributed by atoms with E-state index in [1.807, 2.05) is 0 Å². The number of carbonyl (C=O) groups is 2. The first-order chi connectivity index (χ1) is 21.5. The van der Waals surface area contributed by atoms with Crippen LogP contribution >= 0.6 is 0 Å². The normalized spacial score (nSPS) is 20.3. The highest BCUT2D eigenvalue weighted by Gasteiger charge is 2.44. The van der Waals surface area contributed by atoms with E-state index in [1.165, 1.54) is 31.2 Å². The molecular weight excluding hydrogens is 619 g/mol. The number of ether oxygens (including phenoxy) is 2. The minimum atomic E-state index is -5.02. The van der Waals surface area contributed by atoms with Gasteiger partial charge in [0.25, 0.3) is 6.47 Å². The summed E-state index contributed by atoms with van der Waals surface area (Å²) in [6, 6.07) is 15.6. The van der Waals surface area contributed by atoms with Gasteiger partial charge in [0.2, 0.25) is 0 Å². The Morgan fingerprint density at radius 2 is 1.48 bits per heavy atom. The average molecular weight is 654 g/mol. The van der Waals surface area contributed by atoms with Crippen LogP contribution < -0.4 is 5.32 Å². The number of alkyl halides is 6. The van der Waals surface area contributed by atoms with Gasteiger partial charge in [0.1, 0.15) is 11.6 Å². The predicted molar refractivity (Wildman–Crippen MR) is 155 cm³/mol. The molecule has 3 aromatic carbocycles. The summed E-state index contributed by atoms with van der Waals surface area (Å²) in [5.41, 5.74) is -2.90. The van der Waals surface area contributed by atoms with Gasteiger partial charge < -0.3 is 9.47 Å². The zero-order valence-electron chi connectivity index (χ0n) is 25.3. The highest BCUT2D eigenvalue weighted by molar-refractivity contribution is 5.83. The Balaban J connectivity index is 1.59. The van der Waals surface area contributed by atoms with Gasteiger partial charge in [-0.05, 0) is 75.1 Å². The van der Waals surface area contributed by atoms with Crippen molar-refractivity contribution < 1.29 is 49.8 Å². The van der Waals surface area contributed by atoms with Crippen LogP contribution in [0.5, 0.6) is 0 Å². The van der Waals surface area contributed by atoms with Crippen molar-refractivity contribution in [3.8, 4) is 0 Å². The molecule has 0 aliphatic heterocycles. The fraction of sp³-hybridized carbons (Fsp3) is 0.412. The topological polar surface area (TPSA) is 64.6 Å². The van der Waals surface area contributed by atoms with Crippen molar-refractivity contribution >= 4 is 12.3 Å². The fourth-order valence-corrected chi connectivity index (χ4v) is 6.01. The van der Waals surface area contributed by atoms with E-state index in [-0.39, 0.29) is 30.3 Å². The molecular formula is C34H34F7NO4.